The molecule has 0 heterocycles. The van der Waals surface area contributed by atoms with E-state index in [4.69, 9.17) is 23.2 Å². The summed E-state index contributed by atoms with van der Waals surface area (Å²) in [4.78, 5) is 4.61. The molecule has 0 aliphatic rings. The number of hydrogen-bond donors (Lipinski definition) is 1. The summed E-state index contributed by atoms with van der Waals surface area (Å²) < 4.78 is 30.8. The zero-order chi connectivity index (χ0) is 22.4. The molecule has 0 saturated carbocycles. The van der Waals surface area contributed by atoms with E-state index >= 15 is 0 Å². The van der Waals surface area contributed by atoms with Crippen LogP contribution in [0, 0.1) is 13.8 Å². The van der Waals surface area contributed by atoms with Crippen LogP contribution in [0.15, 0.2) is 76.6 Å². The fourth-order valence-electron chi connectivity index (χ4n) is 2.61. The molecule has 0 aromatic heterocycles. The lowest BCUT2D eigenvalue weighted by Crippen LogP contribution is -2.28. The maximum absolute atomic E-state index is 13.3. The highest BCUT2D eigenvalue weighted by Gasteiger charge is 2.26. The zero-order valence-electron chi connectivity index (χ0n) is 16.9. The molecule has 0 amide bonds. The minimum absolute atomic E-state index is 0.200. The molecule has 3 aromatic rings. The average Bonchev–Trinajstić information content (AvgIpc) is 2.74. The molecule has 0 radical (unpaired) electrons. The van der Waals surface area contributed by atoms with Gasteiger partial charge in [0.1, 0.15) is 0 Å². The van der Waals surface area contributed by atoms with Gasteiger partial charge in [0.2, 0.25) is 0 Å². The van der Waals surface area contributed by atoms with Gasteiger partial charge in [0.25, 0.3) is 10.0 Å². The first kappa shape index (κ1) is 23.6. The Morgan fingerprint density at radius 2 is 1.61 bits per heavy atom. The second-order valence-corrected chi connectivity index (χ2v) is 10.4. The summed E-state index contributed by atoms with van der Waals surface area (Å²) in [6.07, 6.45) is 1.67. The van der Waals surface area contributed by atoms with Crippen molar-refractivity contribution < 1.29 is 8.42 Å². The van der Waals surface area contributed by atoms with Crippen molar-refractivity contribution >= 4 is 62.9 Å². The summed E-state index contributed by atoms with van der Waals surface area (Å²) in [5, 5.41) is 1.14. The van der Waals surface area contributed by atoms with Crippen LogP contribution in [0.5, 0.6) is 0 Å². The van der Waals surface area contributed by atoms with Gasteiger partial charge in [-0.25, -0.2) is 13.1 Å². The van der Waals surface area contributed by atoms with E-state index in [-0.39, 0.29) is 4.90 Å². The summed E-state index contributed by atoms with van der Waals surface area (Å²) in [6.45, 7) is 4.19. The van der Waals surface area contributed by atoms with Crippen LogP contribution in [0.4, 0.5) is 11.4 Å². The lowest BCUT2D eigenvalue weighted by Gasteiger charge is -2.22. The minimum Gasteiger partial charge on any atom is -0.260 e. The molecule has 31 heavy (non-hydrogen) atoms. The first-order valence-electron chi connectivity index (χ1n) is 9.33. The van der Waals surface area contributed by atoms with E-state index in [0.29, 0.717) is 22.3 Å². The van der Waals surface area contributed by atoms with Gasteiger partial charge in [-0.15, -0.1) is 0 Å². The zero-order valence-corrected chi connectivity index (χ0v) is 20.1. The third kappa shape index (κ3) is 6.24. The van der Waals surface area contributed by atoms with Crippen molar-refractivity contribution in [3.8, 4) is 0 Å². The first-order chi connectivity index (χ1) is 14.8. The van der Waals surface area contributed by atoms with Crippen molar-refractivity contribution in [2.24, 2.45) is 4.99 Å². The monoisotopic (exact) mass is 493 g/mol. The second-order valence-electron chi connectivity index (χ2n) is 6.70. The minimum atomic E-state index is -3.81. The highest BCUT2D eigenvalue weighted by molar-refractivity contribution is 8.13. The summed E-state index contributed by atoms with van der Waals surface area (Å²) in [5.41, 5.74) is 3.22. The lowest BCUT2D eigenvalue weighted by molar-refractivity contribution is 0.598. The van der Waals surface area contributed by atoms with Gasteiger partial charge < -0.3 is 0 Å². The van der Waals surface area contributed by atoms with Gasteiger partial charge in [0.15, 0.2) is 0 Å². The van der Waals surface area contributed by atoms with Crippen molar-refractivity contribution in [2.75, 3.05) is 10.3 Å². The third-order valence-corrected chi connectivity index (χ3v) is 7.79. The van der Waals surface area contributed by atoms with Crippen molar-refractivity contribution in [1.29, 1.82) is 0 Å². The Bertz CT molecular complexity index is 1170. The van der Waals surface area contributed by atoms with E-state index in [9.17, 15) is 8.42 Å². The second kappa shape index (κ2) is 10.5. The number of hydrogen-bond acceptors (Lipinski definition) is 5. The number of rotatable bonds is 8. The van der Waals surface area contributed by atoms with Gasteiger partial charge in [-0.2, -0.15) is 3.71 Å². The van der Waals surface area contributed by atoms with Crippen molar-refractivity contribution in [2.45, 2.75) is 18.7 Å². The molecular weight excluding hydrogens is 473 g/mol. The van der Waals surface area contributed by atoms with Gasteiger partial charge in [-0.05, 0) is 67.9 Å². The van der Waals surface area contributed by atoms with Gasteiger partial charge in [0.05, 0.1) is 28.4 Å². The fraction of sp³-hybridized carbons (Fsp3) is 0.136. The number of halogens is 2. The van der Waals surface area contributed by atoms with Crippen LogP contribution >= 0.6 is 35.3 Å². The predicted molar refractivity (Wildman–Crippen MR) is 132 cm³/mol. The quantitative estimate of drug-likeness (QED) is 0.225. The van der Waals surface area contributed by atoms with Gasteiger partial charge in [0, 0.05) is 22.8 Å². The molecular formula is C22H21Cl2N3O2S2. The summed E-state index contributed by atoms with van der Waals surface area (Å²) >= 11 is 13.0. The van der Waals surface area contributed by atoms with E-state index in [0.717, 1.165) is 28.9 Å². The molecule has 0 saturated heterocycles. The van der Waals surface area contributed by atoms with Gasteiger partial charge in [-0.3, -0.25) is 4.99 Å². The molecule has 3 rings (SSSR count). The molecule has 0 aliphatic heterocycles. The van der Waals surface area contributed by atoms with E-state index in [1.165, 1.54) is 3.71 Å². The Hall–Kier alpha value is -2.03. The first-order valence-corrected chi connectivity index (χ1v) is 12.3. The number of benzene rings is 3. The fourth-order valence-corrected chi connectivity index (χ4v) is 5.27. The van der Waals surface area contributed by atoms with Crippen LogP contribution in [-0.2, 0) is 10.0 Å². The van der Waals surface area contributed by atoms with Gasteiger partial charge >= 0.3 is 0 Å². The maximum atomic E-state index is 13.3. The molecule has 3 aromatic carbocycles. The lowest BCUT2D eigenvalue weighted by atomic mass is 10.2. The predicted octanol–water partition coefficient (Wildman–Crippen LogP) is 6.36. The molecule has 162 valence electrons. The van der Waals surface area contributed by atoms with Crippen molar-refractivity contribution in [1.82, 2.24) is 4.72 Å². The highest BCUT2D eigenvalue weighted by atomic mass is 35.5. The van der Waals surface area contributed by atoms with E-state index < -0.39 is 10.0 Å². The highest BCUT2D eigenvalue weighted by Crippen LogP contribution is 2.30. The van der Waals surface area contributed by atoms with Crippen LogP contribution in [0.2, 0.25) is 10.0 Å². The summed E-state index contributed by atoms with van der Waals surface area (Å²) in [5.74, 6) is 0. The Morgan fingerprint density at radius 3 is 2.29 bits per heavy atom. The molecule has 1 N–H and O–H groups in total. The number of nitrogens with zero attached hydrogens (tertiary/aromatic N) is 2. The Labute approximate surface area is 197 Å². The van der Waals surface area contributed by atoms with Crippen LogP contribution in [0.25, 0.3) is 0 Å². The normalized spacial score (nSPS) is 11.7. The van der Waals surface area contributed by atoms with Crippen LogP contribution in [0.3, 0.4) is 0 Å². The average molecular weight is 494 g/mol. The number of aryl methyl sites for hydroxylation is 2. The summed E-state index contributed by atoms with van der Waals surface area (Å²) in [7, 11) is -3.81. The van der Waals surface area contributed by atoms with Gasteiger partial charge in [-0.1, -0.05) is 47.0 Å². The summed E-state index contributed by atoms with van der Waals surface area (Å²) in [6, 6.07) is 18.8. The Balaban J connectivity index is 1.77. The third-order valence-electron chi connectivity index (χ3n) is 4.30. The smallest absolute Gasteiger partial charge is 0.260 e. The standard InChI is InChI=1S/C22H21Cl2N3O2S2/c1-16-3-11-21(12-4-16)31(28,29)27(20-9-7-18(23)8-10-20)30-26-14-13-25-22-15-19(24)6-5-17(22)2/h3-13,15,26H,14H2,1-2H3. The van der Waals surface area contributed by atoms with Crippen LogP contribution in [-0.4, -0.2) is 21.2 Å². The van der Waals surface area contributed by atoms with E-state index in [1.807, 2.05) is 26.0 Å². The van der Waals surface area contributed by atoms with E-state index in [1.54, 1.807) is 60.8 Å². The molecule has 0 atom stereocenters. The number of aliphatic imine (C=N–C) groups is 1. The SMILES string of the molecule is Cc1ccc(S(=O)(=O)N(SNCC=Nc2cc(Cl)ccc2C)c2ccc(Cl)cc2)cc1. The largest absolute Gasteiger partial charge is 0.274 e. The Morgan fingerprint density at radius 1 is 0.968 bits per heavy atom. The Kier molecular flexibility index (Phi) is 8.02. The number of sulfonamides is 1. The molecule has 0 aliphatic carbocycles. The van der Waals surface area contributed by atoms with Crippen molar-refractivity contribution in [3.05, 3.63) is 87.9 Å². The number of nitrogens with one attached hydrogen (secondary N) is 1. The molecule has 9 heteroatoms. The molecule has 0 spiro atoms. The van der Waals surface area contributed by atoms with Crippen LogP contribution < -0.4 is 8.43 Å². The maximum Gasteiger partial charge on any atom is 0.274 e. The van der Waals surface area contributed by atoms with Crippen molar-refractivity contribution in [3.63, 3.8) is 0 Å². The molecule has 0 bridgehead atoms. The molecule has 0 unspecified atom stereocenters. The molecule has 0 fully saturated rings. The number of anilines is 1. The molecule has 5 nitrogen and oxygen atoms in total. The van der Waals surface area contributed by atoms with E-state index in [2.05, 4.69) is 9.71 Å². The van der Waals surface area contributed by atoms with Crippen LogP contribution in [0.1, 0.15) is 11.1 Å². The topological polar surface area (TPSA) is 61.8 Å².